The van der Waals surface area contributed by atoms with E-state index in [0.717, 1.165) is 0 Å². The molecule has 0 atom stereocenters. The van der Waals surface area contributed by atoms with Crippen molar-refractivity contribution in [1.82, 2.24) is 0 Å². The number of sulfone groups is 1. The number of fused-ring (bicyclic) bond motifs is 1. The first-order valence-corrected chi connectivity index (χ1v) is 8.45. The van der Waals surface area contributed by atoms with E-state index in [1.54, 1.807) is 24.3 Å². The van der Waals surface area contributed by atoms with Gasteiger partial charge in [-0.3, -0.25) is 0 Å². The van der Waals surface area contributed by atoms with E-state index in [-0.39, 0.29) is 10.5 Å². The lowest BCUT2D eigenvalue weighted by Crippen LogP contribution is -2.14. The molecule has 2 aromatic carbocycles. The van der Waals surface area contributed by atoms with Gasteiger partial charge in [-0.05, 0) is 36.4 Å². The maximum Gasteiger partial charge on any atom is 0.355 e. The Morgan fingerprint density at radius 2 is 1.62 bits per heavy atom. The second-order valence-electron chi connectivity index (χ2n) is 4.98. The summed E-state index contributed by atoms with van der Waals surface area (Å²) in [7, 11) is -1.11. The van der Waals surface area contributed by atoms with Crippen molar-refractivity contribution in [3.05, 3.63) is 59.0 Å². The Kier molecular flexibility index (Phi) is 4.02. The Hall–Kier alpha value is -2.80. The highest BCUT2D eigenvalue weighted by Crippen LogP contribution is 2.26. The van der Waals surface area contributed by atoms with Gasteiger partial charge in [0.25, 0.3) is 0 Å². The lowest BCUT2D eigenvalue weighted by atomic mass is 10.2. The number of ether oxygens (including phenoxy) is 2. The van der Waals surface area contributed by atoms with Crippen LogP contribution >= 0.6 is 0 Å². The molecule has 7 heteroatoms. The molecule has 3 rings (SSSR count). The van der Waals surface area contributed by atoms with Crippen LogP contribution in [0.4, 0.5) is 0 Å². The molecule has 0 bridgehead atoms. The molecule has 0 aliphatic rings. The molecule has 124 valence electrons. The highest BCUT2D eigenvalue weighted by Gasteiger charge is 2.24. The minimum atomic E-state index is -4.03. The van der Waals surface area contributed by atoms with Crippen molar-refractivity contribution >= 4 is 20.8 Å². The average molecular weight is 346 g/mol. The fourth-order valence-corrected chi connectivity index (χ4v) is 3.61. The van der Waals surface area contributed by atoms with Crippen LogP contribution in [0, 0.1) is 0 Å². The fourth-order valence-electron chi connectivity index (χ4n) is 2.28. The molecule has 0 unspecified atom stereocenters. The minimum absolute atomic E-state index is 0.0398. The Morgan fingerprint density at radius 1 is 0.917 bits per heavy atom. The molecule has 0 radical (unpaired) electrons. The van der Waals surface area contributed by atoms with Crippen LogP contribution in [-0.2, 0) is 9.84 Å². The third-order valence-electron chi connectivity index (χ3n) is 3.55. The van der Waals surface area contributed by atoms with Crippen molar-refractivity contribution in [2.75, 3.05) is 14.2 Å². The van der Waals surface area contributed by atoms with E-state index >= 15 is 0 Å². The van der Waals surface area contributed by atoms with Gasteiger partial charge in [-0.15, -0.1) is 0 Å². The van der Waals surface area contributed by atoms with Crippen molar-refractivity contribution in [2.45, 2.75) is 9.79 Å². The van der Waals surface area contributed by atoms with Gasteiger partial charge in [0, 0.05) is 11.5 Å². The number of methoxy groups -OCH3 is 2. The normalized spacial score (nSPS) is 11.4. The number of hydrogen-bond donors (Lipinski definition) is 0. The largest absolute Gasteiger partial charge is 0.497 e. The Morgan fingerprint density at radius 3 is 2.33 bits per heavy atom. The molecule has 0 saturated heterocycles. The van der Waals surface area contributed by atoms with Crippen LogP contribution in [0.25, 0.3) is 11.0 Å². The van der Waals surface area contributed by atoms with E-state index in [1.165, 1.54) is 38.5 Å². The molecule has 0 aliphatic heterocycles. The van der Waals surface area contributed by atoms with Crippen molar-refractivity contribution in [2.24, 2.45) is 0 Å². The Labute approximate surface area is 138 Å². The van der Waals surface area contributed by atoms with Crippen LogP contribution in [0.15, 0.2) is 67.5 Å². The summed E-state index contributed by atoms with van der Waals surface area (Å²) in [5.41, 5.74) is -0.678. The molecule has 0 spiro atoms. The van der Waals surface area contributed by atoms with Crippen molar-refractivity contribution in [3.63, 3.8) is 0 Å². The van der Waals surface area contributed by atoms with E-state index in [2.05, 4.69) is 0 Å². The first-order valence-electron chi connectivity index (χ1n) is 6.97. The molecule has 3 aromatic rings. The minimum Gasteiger partial charge on any atom is -0.497 e. The monoisotopic (exact) mass is 346 g/mol. The number of benzene rings is 2. The molecular weight excluding hydrogens is 332 g/mol. The Bertz CT molecular complexity index is 1070. The van der Waals surface area contributed by atoms with Gasteiger partial charge >= 0.3 is 5.63 Å². The molecule has 0 amide bonds. The van der Waals surface area contributed by atoms with Gasteiger partial charge in [0.1, 0.15) is 17.1 Å². The molecule has 24 heavy (non-hydrogen) atoms. The molecule has 6 nitrogen and oxygen atoms in total. The number of rotatable bonds is 4. The van der Waals surface area contributed by atoms with E-state index in [1.807, 2.05) is 0 Å². The van der Waals surface area contributed by atoms with E-state index in [4.69, 9.17) is 13.9 Å². The predicted molar refractivity (Wildman–Crippen MR) is 87.5 cm³/mol. The summed E-state index contributed by atoms with van der Waals surface area (Å²) in [4.78, 5) is 11.7. The van der Waals surface area contributed by atoms with Crippen LogP contribution in [0.5, 0.6) is 11.5 Å². The third-order valence-corrected chi connectivity index (χ3v) is 5.29. The molecule has 0 fully saturated rings. The van der Waals surface area contributed by atoms with Crippen molar-refractivity contribution in [3.8, 4) is 11.5 Å². The fraction of sp³-hybridized carbons (Fsp3) is 0.118. The third kappa shape index (κ3) is 2.74. The molecule has 1 aromatic heterocycles. The van der Waals surface area contributed by atoms with Crippen LogP contribution < -0.4 is 15.1 Å². The zero-order valence-electron chi connectivity index (χ0n) is 13.0. The smallest absolute Gasteiger partial charge is 0.355 e. The summed E-state index contributed by atoms with van der Waals surface area (Å²) in [5.74, 6) is 0.889. The first-order chi connectivity index (χ1) is 11.5. The highest BCUT2D eigenvalue weighted by atomic mass is 32.2. The standard InChI is InChI=1S/C17H14O6S/c1-21-12-4-3-5-14(9-12)24(19,20)16-8-11-6-7-13(22-2)10-15(11)23-17(16)18/h3-10H,1-2H3. The summed E-state index contributed by atoms with van der Waals surface area (Å²) in [6, 6.07) is 12.0. The molecular formula is C17H14O6S. The molecule has 0 saturated carbocycles. The molecule has 0 aliphatic carbocycles. The van der Waals surface area contributed by atoms with E-state index in [9.17, 15) is 13.2 Å². The summed E-state index contributed by atoms with van der Waals surface area (Å²) in [6.07, 6.45) is 0. The summed E-state index contributed by atoms with van der Waals surface area (Å²) in [6.45, 7) is 0. The summed E-state index contributed by atoms with van der Waals surface area (Å²) < 4.78 is 40.7. The lowest BCUT2D eigenvalue weighted by Gasteiger charge is -2.07. The van der Waals surface area contributed by atoms with Crippen LogP contribution in [0.3, 0.4) is 0 Å². The Balaban J connectivity index is 2.20. The van der Waals surface area contributed by atoms with Crippen LogP contribution in [-0.4, -0.2) is 22.6 Å². The lowest BCUT2D eigenvalue weighted by molar-refractivity contribution is 0.413. The van der Waals surface area contributed by atoms with Gasteiger partial charge < -0.3 is 13.9 Å². The quantitative estimate of drug-likeness (QED) is 0.676. The van der Waals surface area contributed by atoms with Crippen molar-refractivity contribution in [1.29, 1.82) is 0 Å². The van der Waals surface area contributed by atoms with Gasteiger partial charge in [0.2, 0.25) is 9.84 Å². The predicted octanol–water partition coefficient (Wildman–Crippen LogP) is 2.64. The zero-order chi connectivity index (χ0) is 17.3. The van der Waals surface area contributed by atoms with Crippen molar-refractivity contribution < 1.29 is 22.3 Å². The van der Waals surface area contributed by atoms with Gasteiger partial charge in [-0.1, -0.05) is 6.07 Å². The first kappa shape index (κ1) is 16.1. The molecule has 0 N–H and O–H groups in total. The van der Waals surface area contributed by atoms with E-state index in [0.29, 0.717) is 16.9 Å². The molecule has 1 heterocycles. The SMILES string of the molecule is COc1cccc(S(=O)(=O)c2cc3ccc(OC)cc3oc2=O)c1. The van der Waals surface area contributed by atoms with Gasteiger partial charge in [0.15, 0.2) is 4.90 Å². The second-order valence-corrected chi connectivity index (χ2v) is 6.90. The van der Waals surface area contributed by atoms with Gasteiger partial charge in [-0.2, -0.15) is 0 Å². The average Bonchev–Trinajstić information content (AvgIpc) is 2.60. The maximum absolute atomic E-state index is 12.7. The topological polar surface area (TPSA) is 82.8 Å². The second kappa shape index (κ2) is 6.01. The maximum atomic E-state index is 12.7. The van der Waals surface area contributed by atoms with Gasteiger partial charge in [0.05, 0.1) is 19.1 Å². The van der Waals surface area contributed by atoms with E-state index < -0.39 is 20.4 Å². The van der Waals surface area contributed by atoms with Crippen LogP contribution in [0.2, 0.25) is 0 Å². The highest BCUT2D eigenvalue weighted by molar-refractivity contribution is 7.91. The van der Waals surface area contributed by atoms with Crippen LogP contribution in [0.1, 0.15) is 0 Å². The number of hydrogen-bond acceptors (Lipinski definition) is 6. The van der Waals surface area contributed by atoms with Gasteiger partial charge in [-0.25, -0.2) is 13.2 Å². The summed E-state index contributed by atoms with van der Waals surface area (Å²) >= 11 is 0. The summed E-state index contributed by atoms with van der Waals surface area (Å²) in [5, 5.41) is 0.483. The zero-order valence-corrected chi connectivity index (χ0v) is 13.8.